The monoisotopic (exact) mass is 325 g/mol. The summed E-state index contributed by atoms with van der Waals surface area (Å²) in [6.07, 6.45) is 3.75. The minimum absolute atomic E-state index is 0.208. The smallest absolute Gasteiger partial charge is 0.128 e. The Morgan fingerprint density at radius 2 is 2.21 bits per heavy atom. The van der Waals surface area contributed by atoms with Gasteiger partial charge in [-0.15, -0.1) is 0 Å². The number of benzene rings is 1. The van der Waals surface area contributed by atoms with Crippen LogP contribution in [0.15, 0.2) is 35.1 Å². The highest BCUT2D eigenvalue weighted by molar-refractivity contribution is 9.10. The second-order valence-electron chi connectivity index (χ2n) is 4.82. The molecule has 0 saturated heterocycles. The van der Waals surface area contributed by atoms with Crippen molar-refractivity contribution in [3.63, 3.8) is 0 Å². The first-order valence-corrected chi connectivity index (χ1v) is 7.02. The highest BCUT2D eigenvalue weighted by Crippen LogP contribution is 2.16. The second kappa shape index (κ2) is 6.30. The Hall–Kier alpha value is -1.20. The molecule has 0 aliphatic rings. The van der Waals surface area contributed by atoms with Crippen molar-refractivity contribution in [1.29, 1.82) is 0 Å². The third-order valence-corrected chi connectivity index (χ3v) is 3.23. The van der Waals surface area contributed by atoms with E-state index in [2.05, 4.69) is 40.2 Å². The van der Waals surface area contributed by atoms with Gasteiger partial charge in [0.2, 0.25) is 0 Å². The summed E-state index contributed by atoms with van der Waals surface area (Å²) < 4.78 is 16.3. The molecule has 2 aromatic rings. The zero-order valence-electron chi connectivity index (χ0n) is 11.0. The number of nitrogens with zero attached hydrogens (tertiary/aromatic N) is 2. The third-order valence-electron chi connectivity index (χ3n) is 2.74. The maximum Gasteiger partial charge on any atom is 0.128 e. The van der Waals surface area contributed by atoms with E-state index in [9.17, 15) is 4.39 Å². The lowest BCUT2D eigenvalue weighted by Crippen LogP contribution is -2.21. The Labute approximate surface area is 121 Å². The van der Waals surface area contributed by atoms with Crippen molar-refractivity contribution in [2.75, 3.05) is 0 Å². The van der Waals surface area contributed by atoms with Gasteiger partial charge in [-0.2, -0.15) is 5.10 Å². The Kier molecular flexibility index (Phi) is 4.71. The number of halogens is 2. The van der Waals surface area contributed by atoms with Gasteiger partial charge in [0, 0.05) is 34.4 Å². The van der Waals surface area contributed by atoms with E-state index in [4.69, 9.17) is 0 Å². The van der Waals surface area contributed by atoms with Crippen LogP contribution >= 0.6 is 15.9 Å². The van der Waals surface area contributed by atoms with Crippen molar-refractivity contribution in [3.05, 3.63) is 52.0 Å². The fourth-order valence-corrected chi connectivity index (χ4v) is 2.15. The molecule has 0 bridgehead atoms. The van der Waals surface area contributed by atoms with E-state index in [1.165, 1.54) is 6.07 Å². The zero-order chi connectivity index (χ0) is 13.8. The van der Waals surface area contributed by atoms with Gasteiger partial charge in [0.25, 0.3) is 0 Å². The number of hydrogen-bond acceptors (Lipinski definition) is 2. The van der Waals surface area contributed by atoms with E-state index < -0.39 is 0 Å². The third kappa shape index (κ3) is 4.14. The largest absolute Gasteiger partial charge is 0.310 e. The van der Waals surface area contributed by atoms with Gasteiger partial charge in [0.15, 0.2) is 0 Å². The highest BCUT2D eigenvalue weighted by atomic mass is 79.9. The first-order chi connectivity index (χ1) is 9.04. The van der Waals surface area contributed by atoms with Crippen LogP contribution in [-0.4, -0.2) is 15.8 Å². The van der Waals surface area contributed by atoms with E-state index in [-0.39, 0.29) is 5.82 Å². The Bertz CT molecular complexity index is 551. The number of nitrogens with one attached hydrogen (secondary N) is 1. The molecule has 0 spiro atoms. The molecule has 19 heavy (non-hydrogen) atoms. The van der Waals surface area contributed by atoms with Gasteiger partial charge in [-0.05, 0) is 18.2 Å². The fraction of sp³-hybridized carbons (Fsp3) is 0.357. The van der Waals surface area contributed by atoms with E-state index in [0.717, 1.165) is 16.6 Å². The molecule has 0 unspecified atom stereocenters. The number of aromatic nitrogens is 2. The molecule has 2 rings (SSSR count). The Morgan fingerprint density at radius 1 is 1.42 bits per heavy atom. The van der Waals surface area contributed by atoms with Crippen LogP contribution in [0.1, 0.15) is 25.0 Å². The van der Waals surface area contributed by atoms with Gasteiger partial charge in [0.1, 0.15) is 5.82 Å². The molecule has 0 fully saturated rings. The minimum atomic E-state index is -0.208. The number of hydrogen-bond donors (Lipinski definition) is 1. The van der Waals surface area contributed by atoms with Crippen molar-refractivity contribution in [3.8, 4) is 0 Å². The molecule has 0 atom stereocenters. The SMILES string of the molecule is CC(C)NCc1cnn(Cc2cc(Br)ccc2F)c1. The van der Waals surface area contributed by atoms with Crippen molar-refractivity contribution >= 4 is 15.9 Å². The maximum absolute atomic E-state index is 13.6. The van der Waals surface area contributed by atoms with E-state index >= 15 is 0 Å². The molecule has 1 N–H and O–H groups in total. The van der Waals surface area contributed by atoms with E-state index in [0.29, 0.717) is 18.2 Å². The molecule has 0 aliphatic heterocycles. The van der Waals surface area contributed by atoms with Crippen LogP contribution in [0, 0.1) is 5.82 Å². The van der Waals surface area contributed by atoms with E-state index in [1.807, 2.05) is 12.4 Å². The summed E-state index contributed by atoms with van der Waals surface area (Å²) >= 11 is 3.35. The van der Waals surface area contributed by atoms with Crippen molar-refractivity contribution in [1.82, 2.24) is 15.1 Å². The molecular formula is C14H17BrFN3. The van der Waals surface area contributed by atoms with Crippen LogP contribution in [0.5, 0.6) is 0 Å². The summed E-state index contributed by atoms with van der Waals surface area (Å²) in [6.45, 7) is 5.41. The Morgan fingerprint density at radius 3 is 2.95 bits per heavy atom. The van der Waals surface area contributed by atoms with Crippen molar-refractivity contribution in [2.45, 2.75) is 33.0 Å². The van der Waals surface area contributed by atoms with Crippen LogP contribution in [0.25, 0.3) is 0 Å². The van der Waals surface area contributed by atoms with Crippen LogP contribution in [-0.2, 0) is 13.1 Å². The first-order valence-electron chi connectivity index (χ1n) is 6.23. The minimum Gasteiger partial charge on any atom is -0.310 e. The zero-order valence-corrected chi connectivity index (χ0v) is 12.6. The van der Waals surface area contributed by atoms with Crippen molar-refractivity contribution < 1.29 is 4.39 Å². The summed E-state index contributed by atoms with van der Waals surface area (Å²) in [5.74, 6) is -0.208. The molecule has 0 amide bonds. The molecule has 0 aliphatic carbocycles. The standard InChI is InChI=1S/C14H17BrFN3/c1-10(2)17-6-11-7-18-19(8-11)9-12-5-13(15)3-4-14(12)16/h3-5,7-8,10,17H,6,9H2,1-2H3. The summed E-state index contributed by atoms with van der Waals surface area (Å²) in [5.41, 5.74) is 1.73. The summed E-state index contributed by atoms with van der Waals surface area (Å²) in [6, 6.07) is 5.37. The normalized spacial score (nSPS) is 11.2. The predicted octanol–water partition coefficient (Wildman–Crippen LogP) is 3.33. The van der Waals surface area contributed by atoms with Crippen LogP contribution in [0.3, 0.4) is 0 Å². The van der Waals surface area contributed by atoms with Gasteiger partial charge < -0.3 is 5.32 Å². The average molecular weight is 326 g/mol. The molecular weight excluding hydrogens is 309 g/mol. The van der Waals surface area contributed by atoms with E-state index in [1.54, 1.807) is 16.8 Å². The van der Waals surface area contributed by atoms with Crippen LogP contribution in [0.2, 0.25) is 0 Å². The molecule has 0 saturated carbocycles. The van der Waals surface area contributed by atoms with Gasteiger partial charge in [-0.1, -0.05) is 29.8 Å². The Balaban J connectivity index is 2.05. The predicted molar refractivity (Wildman–Crippen MR) is 77.4 cm³/mol. The summed E-state index contributed by atoms with van der Waals surface area (Å²) in [7, 11) is 0. The lowest BCUT2D eigenvalue weighted by atomic mass is 10.2. The lowest BCUT2D eigenvalue weighted by Gasteiger charge is -2.06. The molecule has 1 heterocycles. The summed E-state index contributed by atoms with van der Waals surface area (Å²) in [5, 5.41) is 7.58. The number of rotatable bonds is 5. The fourth-order valence-electron chi connectivity index (χ4n) is 1.75. The molecule has 3 nitrogen and oxygen atoms in total. The molecule has 1 aromatic heterocycles. The topological polar surface area (TPSA) is 29.9 Å². The van der Waals surface area contributed by atoms with Crippen molar-refractivity contribution in [2.24, 2.45) is 0 Å². The molecule has 1 aromatic carbocycles. The van der Waals surface area contributed by atoms with Gasteiger partial charge in [-0.25, -0.2) is 4.39 Å². The average Bonchev–Trinajstić information content (AvgIpc) is 2.79. The van der Waals surface area contributed by atoms with Crippen LogP contribution < -0.4 is 5.32 Å². The molecule has 0 radical (unpaired) electrons. The lowest BCUT2D eigenvalue weighted by molar-refractivity contribution is 0.581. The molecule has 5 heteroatoms. The van der Waals surface area contributed by atoms with Crippen LogP contribution in [0.4, 0.5) is 4.39 Å². The first kappa shape index (κ1) is 14.2. The molecule has 102 valence electrons. The van der Waals surface area contributed by atoms with Gasteiger partial charge in [0.05, 0.1) is 12.7 Å². The highest BCUT2D eigenvalue weighted by Gasteiger charge is 2.05. The van der Waals surface area contributed by atoms with Gasteiger partial charge >= 0.3 is 0 Å². The second-order valence-corrected chi connectivity index (χ2v) is 5.73. The quantitative estimate of drug-likeness (QED) is 0.913. The van der Waals surface area contributed by atoms with Gasteiger partial charge in [-0.3, -0.25) is 4.68 Å². The summed E-state index contributed by atoms with van der Waals surface area (Å²) in [4.78, 5) is 0. The maximum atomic E-state index is 13.6.